The third-order valence-electron chi connectivity index (χ3n) is 3.16. The van der Waals surface area contributed by atoms with E-state index in [1.165, 1.54) is 0 Å². The molecule has 5 heteroatoms. The van der Waals surface area contributed by atoms with Crippen LogP contribution in [-0.2, 0) is 0 Å². The number of pyridine rings is 1. The summed E-state index contributed by atoms with van der Waals surface area (Å²) in [6.07, 6.45) is 3.41. The standard InChI is InChI=1S/C15H17N3OS/c1-3-18(13-8-11(19)5-4-10(13)2)14-9-17-7-6-12(14)15(16)20/h4-9,19H,3H2,1-2H3,(H2,16,20). The van der Waals surface area contributed by atoms with Crippen LogP contribution in [0.15, 0.2) is 36.7 Å². The second-order valence-corrected chi connectivity index (χ2v) is 4.91. The predicted octanol–water partition coefficient (Wildman–Crippen LogP) is 2.89. The molecule has 0 aliphatic carbocycles. The van der Waals surface area contributed by atoms with Gasteiger partial charge < -0.3 is 15.7 Å². The molecule has 0 aliphatic heterocycles. The highest BCUT2D eigenvalue weighted by atomic mass is 32.1. The summed E-state index contributed by atoms with van der Waals surface area (Å²) in [6, 6.07) is 7.09. The van der Waals surface area contributed by atoms with Crippen LogP contribution in [0.4, 0.5) is 11.4 Å². The summed E-state index contributed by atoms with van der Waals surface area (Å²) in [6.45, 7) is 4.74. The molecule has 1 heterocycles. The number of thiocarbonyl (C=S) groups is 1. The lowest BCUT2D eigenvalue weighted by molar-refractivity contribution is 0.475. The lowest BCUT2D eigenvalue weighted by Gasteiger charge is -2.26. The van der Waals surface area contributed by atoms with Crippen molar-refractivity contribution in [2.75, 3.05) is 11.4 Å². The predicted molar refractivity (Wildman–Crippen MR) is 85.6 cm³/mol. The Morgan fingerprint density at radius 1 is 1.35 bits per heavy atom. The first-order valence-electron chi connectivity index (χ1n) is 6.35. The van der Waals surface area contributed by atoms with Gasteiger partial charge in [-0.1, -0.05) is 18.3 Å². The molecule has 1 aromatic heterocycles. The molecule has 0 saturated carbocycles. The summed E-state index contributed by atoms with van der Waals surface area (Å²) < 4.78 is 0. The fraction of sp³-hybridized carbons (Fsp3) is 0.200. The van der Waals surface area contributed by atoms with Crippen LogP contribution in [0.3, 0.4) is 0 Å². The smallest absolute Gasteiger partial charge is 0.117 e. The third-order valence-corrected chi connectivity index (χ3v) is 3.38. The van der Waals surface area contributed by atoms with Crippen molar-refractivity contribution in [1.82, 2.24) is 4.98 Å². The molecule has 0 bridgehead atoms. The lowest BCUT2D eigenvalue weighted by atomic mass is 10.1. The van der Waals surface area contributed by atoms with Gasteiger partial charge in [0.15, 0.2) is 0 Å². The Bertz CT molecular complexity index is 643. The summed E-state index contributed by atoms with van der Waals surface area (Å²) in [5.74, 6) is 0.227. The average Bonchev–Trinajstić information content (AvgIpc) is 2.44. The molecule has 0 atom stereocenters. The quantitative estimate of drug-likeness (QED) is 0.847. The van der Waals surface area contributed by atoms with E-state index in [0.717, 1.165) is 22.5 Å². The van der Waals surface area contributed by atoms with Crippen molar-refractivity contribution in [2.45, 2.75) is 13.8 Å². The van der Waals surface area contributed by atoms with E-state index in [2.05, 4.69) is 4.98 Å². The highest BCUT2D eigenvalue weighted by molar-refractivity contribution is 7.80. The van der Waals surface area contributed by atoms with Crippen LogP contribution >= 0.6 is 12.2 Å². The van der Waals surface area contributed by atoms with E-state index < -0.39 is 0 Å². The molecule has 0 amide bonds. The van der Waals surface area contributed by atoms with Crippen molar-refractivity contribution in [3.05, 3.63) is 47.8 Å². The molecule has 4 nitrogen and oxygen atoms in total. The highest BCUT2D eigenvalue weighted by Crippen LogP contribution is 2.32. The molecule has 0 radical (unpaired) electrons. The minimum atomic E-state index is 0.227. The van der Waals surface area contributed by atoms with Crippen molar-refractivity contribution >= 4 is 28.6 Å². The minimum Gasteiger partial charge on any atom is -0.508 e. The number of hydrogen-bond donors (Lipinski definition) is 2. The topological polar surface area (TPSA) is 62.4 Å². The minimum absolute atomic E-state index is 0.227. The zero-order valence-electron chi connectivity index (χ0n) is 11.5. The van der Waals surface area contributed by atoms with Gasteiger partial charge in [0.05, 0.1) is 11.9 Å². The Morgan fingerprint density at radius 2 is 2.10 bits per heavy atom. The van der Waals surface area contributed by atoms with Crippen molar-refractivity contribution in [3.63, 3.8) is 0 Å². The van der Waals surface area contributed by atoms with Gasteiger partial charge in [0, 0.05) is 30.1 Å². The van der Waals surface area contributed by atoms with Gasteiger partial charge in [-0.25, -0.2) is 0 Å². The number of aromatic nitrogens is 1. The van der Waals surface area contributed by atoms with Gasteiger partial charge in [0.2, 0.25) is 0 Å². The third kappa shape index (κ3) is 2.72. The zero-order chi connectivity index (χ0) is 14.7. The Morgan fingerprint density at radius 3 is 2.75 bits per heavy atom. The van der Waals surface area contributed by atoms with Crippen LogP contribution in [0.1, 0.15) is 18.1 Å². The first-order chi connectivity index (χ1) is 9.54. The van der Waals surface area contributed by atoms with Gasteiger partial charge in [-0.05, 0) is 31.5 Å². The van der Waals surface area contributed by atoms with Gasteiger partial charge in [-0.3, -0.25) is 4.98 Å². The molecule has 1 aromatic carbocycles. The second kappa shape index (κ2) is 5.88. The molecule has 2 rings (SSSR count). The Hall–Kier alpha value is -2.14. The van der Waals surface area contributed by atoms with Crippen LogP contribution in [0.5, 0.6) is 5.75 Å². The SMILES string of the molecule is CCN(c1cc(O)ccc1C)c1cnccc1C(N)=S. The molecule has 0 unspecified atom stereocenters. The van der Waals surface area contributed by atoms with Gasteiger partial charge in [0.1, 0.15) is 10.7 Å². The number of benzene rings is 1. The molecule has 0 spiro atoms. The molecular weight excluding hydrogens is 270 g/mol. The Balaban J connectivity index is 2.58. The Labute approximate surface area is 123 Å². The molecule has 0 fully saturated rings. The largest absolute Gasteiger partial charge is 0.508 e. The first-order valence-corrected chi connectivity index (χ1v) is 6.76. The fourth-order valence-corrected chi connectivity index (χ4v) is 2.34. The van der Waals surface area contributed by atoms with E-state index in [-0.39, 0.29) is 5.75 Å². The number of nitrogens with two attached hydrogens (primary N) is 1. The van der Waals surface area contributed by atoms with Crippen molar-refractivity contribution in [2.24, 2.45) is 5.73 Å². The number of aryl methyl sites for hydroxylation is 1. The van der Waals surface area contributed by atoms with Gasteiger partial charge in [-0.15, -0.1) is 0 Å². The van der Waals surface area contributed by atoms with Crippen LogP contribution in [0.25, 0.3) is 0 Å². The van der Waals surface area contributed by atoms with Crippen molar-refractivity contribution in [3.8, 4) is 5.75 Å². The molecule has 20 heavy (non-hydrogen) atoms. The number of phenols is 1. The molecule has 0 saturated heterocycles. The van der Waals surface area contributed by atoms with E-state index >= 15 is 0 Å². The normalized spacial score (nSPS) is 10.3. The van der Waals surface area contributed by atoms with Crippen LogP contribution in [0, 0.1) is 6.92 Å². The maximum atomic E-state index is 9.71. The summed E-state index contributed by atoms with van der Waals surface area (Å²) in [7, 11) is 0. The van der Waals surface area contributed by atoms with E-state index in [1.807, 2.05) is 24.8 Å². The van der Waals surface area contributed by atoms with Crippen LogP contribution in [-0.4, -0.2) is 21.6 Å². The fourth-order valence-electron chi connectivity index (χ4n) is 2.17. The summed E-state index contributed by atoms with van der Waals surface area (Å²) >= 11 is 5.10. The maximum Gasteiger partial charge on any atom is 0.117 e. The maximum absolute atomic E-state index is 9.71. The lowest BCUT2D eigenvalue weighted by Crippen LogP contribution is -2.22. The summed E-state index contributed by atoms with van der Waals surface area (Å²) in [5.41, 5.74) is 9.37. The summed E-state index contributed by atoms with van der Waals surface area (Å²) in [4.78, 5) is 6.53. The van der Waals surface area contributed by atoms with E-state index in [0.29, 0.717) is 11.5 Å². The second-order valence-electron chi connectivity index (χ2n) is 4.47. The number of rotatable bonds is 4. The van der Waals surface area contributed by atoms with Crippen LogP contribution in [0.2, 0.25) is 0 Å². The Kier molecular flexibility index (Phi) is 4.20. The number of anilines is 2. The highest BCUT2D eigenvalue weighted by Gasteiger charge is 2.15. The van der Waals surface area contributed by atoms with E-state index in [4.69, 9.17) is 18.0 Å². The monoisotopic (exact) mass is 287 g/mol. The number of phenolic OH excluding ortho intramolecular Hbond substituents is 1. The van der Waals surface area contributed by atoms with Gasteiger partial charge in [0.25, 0.3) is 0 Å². The van der Waals surface area contributed by atoms with Gasteiger partial charge in [-0.2, -0.15) is 0 Å². The number of nitrogens with zero attached hydrogens (tertiary/aromatic N) is 2. The van der Waals surface area contributed by atoms with Crippen LogP contribution < -0.4 is 10.6 Å². The average molecular weight is 287 g/mol. The molecule has 104 valence electrons. The summed E-state index contributed by atoms with van der Waals surface area (Å²) in [5, 5.41) is 9.71. The zero-order valence-corrected chi connectivity index (χ0v) is 12.3. The molecule has 0 aliphatic rings. The van der Waals surface area contributed by atoms with Gasteiger partial charge >= 0.3 is 0 Å². The number of aromatic hydroxyl groups is 1. The van der Waals surface area contributed by atoms with E-state index in [1.54, 1.807) is 30.6 Å². The van der Waals surface area contributed by atoms with E-state index in [9.17, 15) is 5.11 Å². The molecule has 3 N–H and O–H groups in total. The number of hydrogen-bond acceptors (Lipinski definition) is 4. The first kappa shape index (κ1) is 14.3. The van der Waals surface area contributed by atoms with Crippen molar-refractivity contribution in [1.29, 1.82) is 0 Å². The molecule has 2 aromatic rings. The van der Waals surface area contributed by atoms with Crippen molar-refractivity contribution < 1.29 is 5.11 Å². The molecular formula is C15H17N3OS.